The molecule has 164 valence electrons. The molecule has 1 aliphatic rings. The van der Waals surface area contributed by atoms with E-state index in [0.717, 1.165) is 49.1 Å². The van der Waals surface area contributed by atoms with Gasteiger partial charge in [0.25, 0.3) is 5.91 Å². The quantitative estimate of drug-likeness (QED) is 0.377. The Labute approximate surface area is 188 Å². The van der Waals surface area contributed by atoms with E-state index in [2.05, 4.69) is 22.9 Å². The Morgan fingerprint density at radius 2 is 1.81 bits per heavy atom. The summed E-state index contributed by atoms with van der Waals surface area (Å²) in [5.74, 6) is 0.622. The number of carbonyl (C=O) groups is 2. The molecule has 0 spiro atoms. The molecule has 1 saturated carbocycles. The fourth-order valence-corrected chi connectivity index (χ4v) is 3.21. The molecule has 1 aliphatic carbocycles. The van der Waals surface area contributed by atoms with Gasteiger partial charge in [0.2, 0.25) is 5.91 Å². The second-order valence-electron chi connectivity index (χ2n) is 7.78. The molecule has 0 atom stereocenters. The molecule has 6 nitrogen and oxygen atoms in total. The van der Waals surface area contributed by atoms with E-state index < -0.39 is 0 Å². The number of hydrogen-bond donors (Lipinski definition) is 3. The Bertz CT molecular complexity index is 940. The Balaban J connectivity index is 1.51. The average molecular weight is 440 g/mol. The van der Waals surface area contributed by atoms with Crippen molar-refractivity contribution in [2.24, 2.45) is 5.92 Å². The van der Waals surface area contributed by atoms with Crippen LogP contribution in [0.4, 0.5) is 11.4 Å². The highest BCUT2D eigenvalue weighted by Crippen LogP contribution is 2.31. The monoisotopic (exact) mass is 439 g/mol. The smallest absolute Gasteiger partial charge is 0.257 e. The second kappa shape index (κ2) is 10.9. The van der Waals surface area contributed by atoms with Crippen LogP contribution in [0.1, 0.15) is 54.9 Å². The SMILES string of the molecule is CCCCCOc1ccc(C(=O)NC(=S)Nc2ccc(C)c(NC(=O)C3CC3)c2)cc1. The van der Waals surface area contributed by atoms with E-state index in [4.69, 9.17) is 17.0 Å². The van der Waals surface area contributed by atoms with E-state index in [0.29, 0.717) is 17.9 Å². The second-order valence-corrected chi connectivity index (χ2v) is 8.19. The van der Waals surface area contributed by atoms with Crippen molar-refractivity contribution in [1.82, 2.24) is 5.32 Å². The molecule has 0 saturated heterocycles. The van der Waals surface area contributed by atoms with E-state index in [1.54, 1.807) is 24.3 Å². The third-order valence-corrected chi connectivity index (χ3v) is 5.27. The number of hydrogen-bond acceptors (Lipinski definition) is 4. The fraction of sp³-hybridized carbons (Fsp3) is 0.375. The lowest BCUT2D eigenvalue weighted by atomic mass is 10.1. The Kier molecular flexibility index (Phi) is 8.00. The number of amides is 2. The molecule has 0 unspecified atom stereocenters. The highest BCUT2D eigenvalue weighted by atomic mass is 32.1. The Hall–Kier alpha value is -2.93. The van der Waals surface area contributed by atoms with Crippen molar-refractivity contribution in [1.29, 1.82) is 0 Å². The number of ether oxygens (including phenoxy) is 1. The standard InChI is InChI=1S/C24H29N3O3S/c1-3-4-5-14-30-20-12-9-18(10-13-20)23(29)27-24(31)25-19-11-6-16(2)21(15-19)26-22(28)17-7-8-17/h6,9-13,15,17H,3-5,7-8,14H2,1-2H3,(H,26,28)(H2,25,27,29,31). The first-order chi connectivity index (χ1) is 15.0. The number of benzene rings is 2. The minimum Gasteiger partial charge on any atom is -0.494 e. The highest BCUT2D eigenvalue weighted by molar-refractivity contribution is 7.80. The zero-order valence-electron chi connectivity index (χ0n) is 18.0. The molecule has 7 heteroatoms. The van der Waals surface area contributed by atoms with Crippen LogP contribution in [0.15, 0.2) is 42.5 Å². The number of rotatable bonds is 9. The van der Waals surface area contributed by atoms with Gasteiger partial charge in [-0.15, -0.1) is 0 Å². The molecule has 0 heterocycles. The number of thiocarbonyl (C=S) groups is 1. The summed E-state index contributed by atoms with van der Waals surface area (Å²) in [5, 5.41) is 8.83. The topological polar surface area (TPSA) is 79.5 Å². The maximum absolute atomic E-state index is 12.5. The van der Waals surface area contributed by atoms with Crippen molar-refractivity contribution in [2.45, 2.75) is 46.0 Å². The highest BCUT2D eigenvalue weighted by Gasteiger charge is 2.29. The largest absolute Gasteiger partial charge is 0.494 e. The molecule has 3 rings (SSSR count). The first-order valence-corrected chi connectivity index (χ1v) is 11.1. The molecule has 0 radical (unpaired) electrons. The van der Waals surface area contributed by atoms with Crippen LogP contribution in [-0.4, -0.2) is 23.5 Å². The lowest BCUT2D eigenvalue weighted by Crippen LogP contribution is -2.34. The maximum Gasteiger partial charge on any atom is 0.257 e. The first kappa shape index (κ1) is 22.7. The number of carbonyl (C=O) groups excluding carboxylic acids is 2. The van der Waals surface area contributed by atoms with Gasteiger partial charge < -0.3 is 15.4 Å². The number of aryl methyl sites for hydroxylation is 1. The summed E-state index contributed by atoms with van der Waals surface area (Å²) in [6.07, 6.45) is 5.20. The van der Waals surface area contributed by atoms with Gasteiger partial charge in [0, 0.05) is 22.9 Å². The zero-order valence-corrected chi connectivity index (χ0v) is 18.8. The number of unbranched alkanes of at least 4 members (excludes halogenated alkanes) is 2. The van der Waals surface area contributed by atoms with Gasteiger partial charge in [0.15, 0.2) is 5.11 Å². The van der Waals surface area contributed by atoms with Gasteiger partial charge >= 0.3 is 0 Å². The van der Waals surface area contributed by atoms with Gasteiger partial charge in [-0.3, -0.25) is 14.9 Å². The summed E-state index contributed by atoms with van der Waals surface area (Å²) in [4.78, 5) is 24.5. The minimum absolute atomic E-state index is 0.0499. The Morgan fingerprint density at radius 3 is 2.48 bits per heavy atom. The Morgan fingerprint density at radius 1 is 1.06 bits per heavy atom. The maximum atomic E-state index is 12.5. The van der Waals surface area contributed by atoms with Crippen LogP contribution in [0.2, 0.25) is 0 Å². The van der Waals surface area contributed by atoms with E-state index >= 15 is 0 Å². The van der Waals surface area contributed by atoms with Crippen molar-refractivity contribution in [3.8, 4) is 5.75 Å². The lowest BCUT2D eigenvalue weighted by Gasteiger charge is -2.13. The molecule has 0 aromatic heterocycles. The molecule has 0 aliphatic heterocycles. The van der Waals surface area contributed by atoms with Crippen LogP contribution in [0.5, 0.6) is 5.75 Å². The van der Waals surface area contributed by atoms with Gasteiger partial charge in [-0.2, -0.15) is 0 Å². The summed E-state index contributed by atoms with van der Waals surface area (Å²) in [6.45, 7) is 4.76. The predicted octanol–water partition coefficient (Wildman–Crippen LogP) is 5.04. The van der Waals surface area contributed by atoms with Gasteiger partial charge in [-0.05, 0) is 80.4 Å². The third kappa shape index (κ3) is 7.07. The average Bonchev–Trinajstić information content (AvgIpc) is 3.59. The first-order valence-electron chi connectivity index (χ1n) is 10.7. The summed E-state index contributed by atoms with van der Waals surface area (Å²) in [5.41, 5.74) is 2.89. The van der Waals surface area contributed by atoms with Crippen LogP contribution in [0.3, 0.4) is 0 Å². The molecule has 31 heavy (non-hydrogen) atoms. The van der Waals surface area contributed by atoms with E-state index in [1.165, 1.54) is 0 Å². The summed E-state index contributed by atoms with van der Waals surface area (Å²) in [7, 11) is 0. The van der Waals surface area contributed by atoms with Crippen LogP contribution in [-0.2, 0) is 4.79 Å². The van der Waals surface area contributed by atoms with Crippen molar-refractivity contribution < 1.29 is 14.3 Å². The number of anilines is 2. The molecule has 2 aromatic rings. The molecule has 3 N–H and O–H groups in total. The lowest BCUT2D eigenvalue weighted by molar-refractivity contribution is -0.117. The van der Waals surface area contributed by atoms with E-state index in [-0.39, 0.29) is 22.8 Å². The molecule has 1 fully saturated rings. The van der Waals surface area contributed by atoms with Gasteiger partial charge in [-0.25, -0.2) is 0 Å². The molecule has 0 bridgehead atoms. The van der Waals surface area contributed by atoms with Crippen LogP contribution < -0.4 is 20.7 Å². The minimum atomic E-state index is -0.301. The summed E-state index contributed by atoms with van der Waals surface area (Å²) < 4.78 is 5.67. The van der Waals surface area contributed by atoms with Crippen molar-refractivity contribution in [2.75, 3.05) is 17.2 Å². The molecule has 2 amide bonds. The van der Waals surface area contributed by atoms with Gasteiger partial charge in [-0.1, -0.05) is 25.8 Å². The normalized spacial score (nSPS) is 12.7. The van der Waals surface area contributed by atoms with E-state index in [1.807, 2.05) is 25.1 Å². The summed E-state index contributed by atoms with van der Waals surface area (Å²) in [6, 6.07) is 12.6. The molecule has 2 aromatic carbocycles. The molecular formula is C24H29N3O3S. The van der Waals surface area contributed by atoms with Crippen molar-refractivity contribution >= 4 is 40.5 Å². The predicted molar refractivity (Wildman–Crippen MR) is 128 cm³/mol. The van der Waals surface area contributed by atoms with Gasteiger partial charge in [0.05, 0.1) is 6.61 Å². The van der Waals surface area contributed by atoms with E-state index in [9.17, 15) is 9.59 Å². The summed E-state index contributed by atoms with van der Waals surface area (Å²) >= 11 is 5.28. The third-order valence-electron chi connectivity index (χ3n) is 5.06. The van der Waals surface area contributed by atoms with Gasteiger partial charge in [0.1, 0.15) is 5.75 Å². The number of nitrogens with one attached hydrogen (secondary N) is 3. The van der Waals surface area contributed by atoms with Crippen LogP contribution in [0.25, 0.3) is 0 Å². The van der Waals surface area contributed by atoms with Crippen molar-refractivity contribution in [3.63, 3.8) is 0 Å². The van der Waals surface area contributed by atoms with Crippen molar-refractivity contribution in [3.05, 3.63) is 53.6 Å². The van der Waals surface area contributed by atoms with Crippen LogP contribution in [0, 0.1) is 12.8 Å². The fourth-order valence-electron chi connectivity index (χ4n) is 3.00. The zero-order chi connectivity index (χ0) is 22.2. The van der Waals surface area contributed by atoms with Crippen LogP contribution >= 0.6 is 12.2 Å². The molecular weight excluding hydrogens is 410 g/mol.